The molecule has 1 atom stereocenters. The molecule has 0 aliphatic carbocycles. The third-order valence-electron chi connectivity index (χ3n) is 2.67. The van der Waals surface area contributed by atoms with E-state index in [4.69, 9.17) is 0 Å². The second-order valence-electron chi connectivity index (χ2n) is 3.96. The number of aryl methyl sites for hydroxylation is 1. The summed E-state index contributed by atoms with van der Waals surface area (Å²) in [5, 5.41) is 0.386. The highest BCUT2D eigenvalue weighted by molar-refractivity contribution is 9.10. The predicted octanol–water partition coefficient (Wildman–Crippen LogP) is 3.05. The van der Waals surface area contributed by atoms with E-state index >= 15 is 0 Å². The molecule has 1 unspecified atom stereocenters. The number of nitrogens with one attached hydrogen (secondary N) is 1. The molecule has 0 amide bonds. The van der Waals surface area contributed by atoms with E-state index in [0.29, 0.717) is 9.72 Å². The Morgan fingerprint density at radius 3 is 3.06 bits per heavy atom. The number of aromatic nitrogens is 2. The molecule has 16 heavy (non-hydrogen) atoms. The maximum Gasteiger partial charge on any atom is 0.265 e. The summed E-state index contributed by atoms with van der Waals surface area (Å²) in [7, 11) is 0. The van der Waals surface area contributed by atoms with Gasteiger partial charge in [0.2, 0.25) is 0 Å². The molecule has 1 saturated heterocycles. The number of hydrogen-bond acceptors (Lipinski definition) is 3. The van der Waals surface area contributed by atoms with E-state index < -0.39 is 0 Å². The van der Waals surface area contributed by atoms with Crippen LogP contribution in [-0.2, 0) is 6.42 Å². The Hall–Kier alpha value is -0.290. The first-order valence-electron chi connectivity index (χ1n) is 5.62. The van der Waals surface area contributed by atoms with E-state index in [9.17, 15) is 4.79 Å². The van der Waals surface area contributed by atoms with E-state index in [1.807, 2.05) is 11.8 Å². The van der Waals surface area contributed by atoms with E-state index in [-0.39, 0.29) is 5.56 Å². The Labute approximate surface area is 108 Å². The van der Waals surface area contributed by atoms with Gasteiger partial charge in [0.25, 0.3) is 5.56 Å². The van der Waals surface area contributed by atoms with Gasteiger partial charge in [0.05, 0.1) is 10.9 Å². The van der Waals surface area contributed by atoms with Crippen molar-refractivity contribution in [1.29, 1.82) is 0 Å². The predicted molar refractivity (Wildman–Crippen MR) is 71.0 cm³/mol. The number of rotatable bonds is 3. The van der Waals surface area contributed by atoms with Crippen molar-refractivity contribution in [2.45, 2.75) is 37.9 Å². The van der Waals surface area contributed by atoms with Gasteiger partial charge in [0, 0.05) is 0 Å². The van der Waals surface area contributed by atoms with Gasteiger partial charge in [-0.1, -0.05) is 13.3 Å². The molecule has 1 aromatic heterocycles. The van der Waals surface area contributed by atoms with Crippen molar-refractivity contribution in [1.82, 2.24) is 9.97 Å². The summed E-state index contributed by atoms with van der Waals surface area (Å²) in [5.41, 5.74) is 0.856. The highest BCUT2D eigenvalue weighted by Crippen LogP contribution is 2.38. The Morgan fingerprint density at radius 1 is 1.62 bits per heavy atom. The van der Waals surface area contributed by atoms with Crippen LogP contribution in [0.15, 0.2) is 9.27 Å². The molecule has 88 valence electrons. The van der Waals surface area contributed by atoms with Gasteiger partial charge in [-0.15, -0.1) is 0 Å². The van der Waals surface area contributed by atoms with Crippen LogP contribution in [0.1, 0.15) is 43.0 Å². The molecule has 5 heteroatoms. The average molecular weight is 303 g/mol. The van der Waals surface area contributed by atoms with Crippen LogP contribution >= 0.6 is 27.7 Å². The molecular weight excluding hydrogens is 288 g/mol. The lowest BCUT2D eigenvalue weighted by Crippen LogP contribution is -2.16. The van der Waals surface area contributed by atoms with Crippen molar-refractivity contribution < 1.29 is 0 Å². The van der Waals surface area contributed by atoms with Gasteiger partial charge in [0.1, 0.15) is 10.3 Å². The zero-order chi connectivity index (χ0) is 11.5. The summed E-state index contributed by atoms with van der Waals surface area (Å²) >= 11 is 5.20. The van der Waals surface area contributed by atoms with E-state index in [2.05, 4.69) is 32.8 Å². The largest absolute Gasteiger partial charge is 0.309 e. The monoisotopic (exact) mass is 302 g/mol. The fourth-order valence-electron chi connectivity index (χ4n) is 1.87. The molecule has 1 N–H and O–H groups in total. The van der Waals surface area contributed by atoms with E-state index in [1.54, 1.807) is 0 Å². The molecule has 1 aliphatic rings. The number of thioether (sulfide) groups is 1. The lowest BCUT2D eigenvalue weighted by Gasteiger charge is -2.10. The summed E-state index contributed by atoms with van der Waals surface area (Å²) in [6.07, 6.45) is 4.21. The van der Waals surface area contributed by atoms with Crippen LogP contribution in [-0.4, -0.2) is 15.7 Å². The van der Waals surface area contributed by atoms with Gasteiger partial charge in [-0.25, -0.2) is 4.98 Å². The summed E-state index contributed by atoms with van der Waals surface area (Å²) in [6.45, 7) is 2.10. The molecular formula is C11H15BrN2OS. The summed E-state index contributed by atoms with van der Waals surface area (Å²) in [4.78, 5) is 19.2. The molecule has 0 aromatic carbocycles. The van der Waals surface area contributed by atoms with Gasteiger partial charge < -0.3 is 4.98 Å². The van der Waals surface area contributed by atoms with Crippen LogP contribution in [0.3, 0.4) is 0 Å². The molecule has 1 aliphatic heterocycles. The highest BCUT2D eigenvalue weighted by atomic mass is 79.9. The Kier molecular flexibility index (Phi) is 4.08. The maximum absolute atomic E-state index is 11.7. The van der Waals surface area contributed by atoms with E-state index in [0.717, 1.165) is 30.8 Å². The van der Waals surface area contributed by atoms with Crippen molar-refractivity contribution in [3.8, 4) is 0 Å². The van der Waals surface area contributed by atoms with Crippen molar-refractivity contribution >= 4 is 27.7 Å². The third kappa shape index (κ3) is 2.51. The van der Waals surface area contributed by atoms with Gasteiger partial charge in [-0.2, -0.15) is 11.8 Å². The van der Waals surface area contributed by atoms with Crippen LogP contribution < -0.4 is 5.56 Å². The van der Waals surface area contributed by atoms with E-state index in [1.165, 1.54) is 12.2 Å². The van der Waals surface area contributed by atoms with Crippen LogP contribution in [0, 0.1) is 0 Å². The average Bonchev–Trinajstić information content (AvgIpc) is 2.78. The van der Waals surface area contributed by atoms with Gasteiger partial charge in [-0.05, 0) is 40.9 Å². The van der Waals surface area contributed by atoms with Crippen molar-refractivity contribution in [3.63, 3.8) is 0 Å². The Balaban J connectivity index is 2.35. The molecule has 0 spiro atoms. The Bertz CT molecular complexity index is 426. The quantitative estimate of drug-likeness (QED) is 0.933. The van der Waals surface area contributed by atoms with Crippen molar-refractivity contribution in [3.05, 3.63) is 26.3 Å². The minimum atomic E-state index is -0.0408. The topological polar surface area (TPSA) is 45.8 Å². The number of H-pyrrole nitrogens is 1. The number of aromatic amines is 1. The van der Waals surface area contributed by atoms with Gasteiger partial charge in [-0.3, -0.25) is 4.79 Å². The third-order valence-corrected chi connectivity index (χ3v) is 4.87. The molecule has 0 bridgehead atoms. The minimum Gasteiger partial charge on any atom is -0.309 e. The standard InChI is InChI=1S/C11H15BrN2OS/c1-2-4-7-9(12)11(15)14-10(13-7)8-5-3-6-16-8/h8H,2-6H2,1H3,(H,13,14,15). The molecule has 2 heterocycles. The number of hydrogen-bond donors (Lipinski definition) is 1. The normalized spacial score (nSPS) is 20.2. The van der Waals surface area contributed by atoms with Crippen molar-refractivity contribution in [2.75, 3.05) is 5.75 Å². The second-order valence-corrected chi connectivity index (χ2v) is 6.07. The van der Waals surface area contributed by atoms with Crippen molar-refractivity contribution in [2.24, 2.45) is 0 Å². The first-order chi connectivity index (χ1) is 7.72. The van der Waals surface area contributed by atoms with Crippen LogP contribution in [0.5, 0.6) is 0 Å². The van der Waals surface area contributed by atoms with Gasteiger partial charge in [0.15, 0.2) is 0 Å². The summed E-state index contributed by atoms with van der Waals surface area (Å²) < 4.78 is 0.598. The molecule has 3 nitrogen and oxygen atoms in total. The fraction of sp³-hybridized carbons (Fsp3) is 0.636. The maximum atomic E-state index is 11.7. The second kappa shape index (κ2) is 5.36. The van der Waals surface area contributed by atoms with Crippen LogP contribution in [0.25, 0.3) is 0 Å². The molecule has 0 radical (unpaired) electrons. The molecule has 1 fully saturated rings. The van der Waals surface area contributed by atoms with Gasteiger partial charge >= 0.3 is 0 Å². The summed E-state index contributed by atoms with van der Waals surface area (Å²) in [6, 6.07) is 0. The number of nitrogens with zero attached hydrogens (tertiary/aromatic N) is 1. The highest BCUT2D eigenvalue weighted by Gasteiger charge is 2.21. The molecule has 0 saturated carbocycles. The first kappa shape index (κ1) is 12.2. The smallest absolute Gasteiger partial charge is 0.265 e. The fourth-order valence-corrected chi connectivity index (χ4v) is 3.48. The van der Waals surface area contributed by atoms with Crippen LogP contribution in [0.4, 0.5) is 0 Å². The lowest BCUT2D eigenvalue weighted by atomic mass is 10.2. The molecule has 2 rings (SSSR count). The first-order valence-corrected chi connectivity index (χ1v) is 7.46. The Morgan fingerprint density at radius 2 is 2.44 bits per heavy atom. The zero-order valence-electron chi connectivity index (χ0n) is 9.25. The zero-order valence-corrected chi connectivity index (χ0v) is 11.7. The van der Waals surface area contributed by atoms with Crippen LogP contribution in [0.2, 0.25) is 0 Å². The SMILES string of the molecule is CCCc1nc(C2CCCS2)[nH]c(=O)c1Br. The molecule has 1 aromatic rings. The number of halogens is 1. The summed E-state index contributed by atoms with van der Waals surface area (Å²) in [5.74, 6) is 2.03. The minimum absolute atomic E-state index is 0.0408. The lowest BCUT2D eigenvalue weighted by molar-refractivity contribution is 0.746.